The second-order valence-corrected chi connectivity index (χ2v) is 7.50. The number of nitrogens with zero attached hydrogens (tertiary/aromatic N) is 2. The Morgan fingerprint density at radius 2 is 1.76 bits per heavy atom. The van der Waals surface area contributed by atoms with Crippen LogP contribution in [0, 0.1) is 6.92 Å². The highest BCUT2D eigenvalue weighted by Gasteiger charge is 2.26. The number of carbonyl (C=O) groups excluding carboxylic acids is 1. The maximum Gasteiger partial charge on any atom is 0.267 e. The van der Waals surface area contributed by atoms with E-state index in [1.54, 1.807) is 22.6 Å². The third-order valence-corrected chi connectivity index (χ3v) is 5.76. The van der Waals surface area contributed by atoms with Crippen LogP contribution in [-0.2, 0) is 12.8 Å². The number of pyridine rings is 1. The molecule has 0 fully saturated rings. The van der Waals surface area contributed by atoms with E-state index in [9.17, 15) is 14.4 Å². The van der Waals surface area contributed by atoms with Crippen molar-refractivity contribution in [1.29, 1.82) is 0 Å². The quantitative estimate of drug-likeness (QED) is 0.714. The van der Waals surface area contributed by atoms with Crippen molar-refractivity contribution in [2.75, 3.05) is 13.1 Å². The van der Waals surface area contributed by atoms with Crippen LogP contribution in [0.15, 0.2) is 52.2 Å². The van der Waals surface area contributed by atoms with Crippen LogP contribution in [0.3, 0.4) is 0 Å². The van der Waals surface area contributed by atoms with Crippen LogP contribution in [0.25, 0.3) is 0 Å². The summed E-state index contributed by atoms with van der Waals surface area (Å²) in [5, 5.41) is 5.49. The van der Waals surface area contributed by atoms with Crippen LogP contribution in [0.1, 0.15) is 45.7 Å². The van der Waals surface area contributed by atoms with Gasteiger partial charge in [-0.15, -0.1) is 0 Å². The lowest BCUT2D eigenvalue weighted by Gasteiger charge is -2.23. The van der Waals surface area contributed by atoms with Gasteiger partial charge in [0.05, 0.1) is 6.04 Å². The summed E-state index contributed by atoms with van der Waals surface area (Å²) in [4.78, 5) is 40.1. The molecule has 0 saturated carbocycles. The number of aromatic amines is 2. The van der Waals surface area contributed by atoms with E-state index in [1.165, 1.54) is 0 Å². The first kappa shape index (κ1) is 19.0. The van der Waals surface area contributed by atoms with Gasteiger partial charge in [-0.25, -0.2) is 0 Å². The fraction of sp³-hybridized carbons (Fsp3) is 0.318. The molecule has 7 heteroatoms. The molecule has 2 aromatic heterocycles. The summed E-state index contributed by atoms with van der Waals surface area (Å²) in [6.45, 7) is 4.61. The van der Waals surface area contributed by atoms with Crippen molar-refractivity contribution in [3.8, 4) is 0 Å². The number of aryl methyl sites for hydroxylation is 1. The largest absolute Gasteiger partial charge is 0.338 e. The van der Waals surface area contributed by atoms with Gasteiger partial charge in [0.25, 0.3) is 17.0 Å². The zero-order chi connectivity index (χ0) is 20.5. The minimum Gasteiger partial charge on any atom is -0.338 e. The number of hydrogen-bond donors (Lipinski definition) is 2. The number of hydrogen-bond acceptors (Lipinski definition) is 3. The normalized spacial score (nSPS) is 14.9. The lowest BCUT2D eigenvalue weighted by Crippen LogP contribution is -2.39. The summed E-state index contributed by atoms with van der Waals surface area (Å²) in [5.41, 5.74) is 2.98. The second kappa shape index (κ2) is 7.58. The Bertz CT molecular complexity index is 1160. The van der Waals surface area contributed by atoms with Gasteiger partial charge in [-0.3, -0.25) is 19.5 Å². The number of aromatic nitrogens is 3. The average Bonchev–Trinajstić information content (AvgIpc) is 2.94. The topological polar surface area (TPSA) is 91.0 Å². The predicted octanol–water partition coefficient (Wildman–Crippen LogP) is 2.02. The molecule has 1 aliphatic rings. The molecular formula is C22H24N4O3. The van der Waals surface area contributed by atoms with Gasteiger partial charge in [-0.05, 0) is 37.5 Å². The maximum absolute atomic E-state index is 13.3. The van der Waals surface area contributed by atoms with Crippen LogP contribution < -0.4 is 11.1 Å². The second-order valence-electron chi connectivity index (χ2n) is 7.50. The molecule has 2 N–H and O–H groups in total. The van der Waals surface area contributed by atoms with E-state index in [0.717, 1.165) is 11.3 Å². The van der Waals surface area contributed by atoms with Gasteiger partial charge in [0, 0.05) is 37.0 Å². The molecule has 1 atom stereocenters. The van der Waals surface area contributed by atoms with E-state index in [4.69, 9.17) is 0 Å². The van der Waals surface area contributed by atoms with E-state index in [1.807, 2.05) is 43.3 Å². The molecular weight excluding hydrogens is 368 g/mol. The van der Waals surface area contributed by atoms with Crippen molar-refractivity contribution in [2.45, 2.75) is 32.7 Å². The van der Waals surface area contributed by atoms with E-state index in [0.29, 0.717) is 37.1 Å². The minimum absolute atomic E-state index is 0.135. The van der Waals surface area contributed by atoms with E-state index < -0.39 is 0 Å². The zero-order valence-electron chi connectivity index (χ0n) is 16.6. The molecule has 1 unspecified atom stereocenters. The lowest BCUT2D eigenvalue weighted by molar-refractivity contribution is 0.0759. The third-order valence-electron chi connectivity index (χ3n) is 5.76. The molecule has 1 aromatic carbocycles. The summed E-state index contributed by atoms with van der Waals surface area (Å²) in [6.07, 6.45) is 2.78. The van der Waals surface area contributed by atoms with Crippen molar-refractivity contribution in [1.82, 2.24) is 19.7 Å². The highest BCUT2D eigenvalue weighted by Crippen LogP contribution is 2.18. The molecule has 1 amide bonds. The molecule has 0 spiro atoms. The highest BCUT2D eigenvalue weighted by atomic mass is 16.2. The fourth-order valence-corrected chi connectivity index (χ4v) is 3.96. The predicted molar refractivity (Wildman–Crippen MR) is 110 cm³/mol. The number of amides is 1. The molecule has 4 rings (SSSR count). The summed E-state index contributed by atoms with van der Waals surface area (Å²) < 4.78 is 1.61. The Kier molecular flexibility index (Phi) is 4.96. The third kappa shape index (κ3) is 3.44. The minimum atomic E-state index is -0.285. The number of benzene rings is 1. The van der Waals surface area contributed by atoms with Crippen LogP contribution in [0.5, 0.6) is 0 Å². The van der Waals surface area contributed by atoms with Gasteiger partial charge in [-0.2, -0.15) is 0 Å². The van der Waals surface area contributed by atoms with E-state index in [2.05, 4.69) is 10.2 Å². The van der Waals surface area contributed by atoms with Crippen LogP contribution in [0.4, 0.5) is 0 Å². The molecule has 3 heterocycles. The molecule has 1 aliphatic heterocycles. The Balaban J connectivity index is 1.65. The summed E-state index contributed by atoms with van der Waals surface area (Å²) in [6, 6.07) is 11.4. The van der Waals surface area contributed by atoms with Crippen LogP contribution in [0.2, 0.25) is 0 Å². The SMILES string of the molecule is Cc1ccn(C(C)c2ccccc2)c(=O)c1C(=O)N1CCc2[nH][nH]c(=O)c2CC1. The number of rotatable bonds is 3. The summed E-state index contributed by atoms with van der Waals surface area (Å²) in [5.74, 6) is -0.274. The maximum atomic E-state index is 13.3. The Morgan fingerprint density at radius 3 is 2.52 bits per heavy atom. The number of carbonyl (C=O) groups is 1. The van der Waals surface area contributed by atoms with Gasteiger partial charge >= 0.3 is 0 Å². The number of nitrogens with one attached hydrogen (secondary N) is 2. The molecule has 0 bridgehead atoms. The molecule has 0 aliphatic carbocycles. The molecule has 29 heavy (non-hydrogen) atoms. The van der Waals surface area contributed by atoms with Gasteiger partial charge in [-0.1, -0.05) is 30.3 Å². The van der Waals surface area contributed by atoms with E-state index in [-0.39, 0.29) is 28.6 Å². The summed E-state index contributed by atoms with van der Waals surface area (Å²) in [7, 11) is 0. The number of fused-ring (bicyclic) bond motifs is 1. The van der Waals surface area contributed by atoms with Gasteiger partial charge in [0.1, 0.15) is 5.56 Å². The standard InChI is InChI=1S/C22H24N4O3/c1-14-8-13-26(15(2)16-6-4-3-5-7-16)22(29)19(14)21(28)25-11-9-17-18(10-12-25)23-24-20(17)27/h3-8,13,15H,9-12H2,1-2H3,(H2,23,24,27). The van der Waals surface area contributed by atoms with Crippen molar-refractivity contribution < 1.29 is 4.79 Å². The highest BCUT2D eigenvalue weighted by molar-refractivity contribution is 5.95. The average molecular weight is 392 g/mol. The van der Waals surface area contributed by atoms with Gasteiger partial charge in [0.15, 0.2) is 0 Å². The lowest BCUT2D eigenvalue weighted by atomic mass is 10.1. The molecule has 150 valence electrons. The van der Waals surface area contributed by atoms with Crippen molar-refractivity contribution in [2.24, 2.45) is 0 Å². The first-order chi connectivity index (χ1) is 14.0. The van der Waals surface area contributed by atoms with Gasteiger partial charge < -0.3 is 14.6 Å². The zero-order valence-corrected chi connectivity index (χ0v) is 16.6. The molecule has 0 saturated heterocycles. The van der Waals surface area contributed by atoms with Crippen LogP contribution >= 0.6 is 0 Å². The molecule has 7 nitrogen and oxygen atoms in total. The first-order valence-corrected chi connectivity index (χ1v) is 9.81. The first-order valence-electron chi connectivity index (χ1n) is 9.81. The fourth-order valence-electron chi connectivity index (χ4n) is 3.96. The van der Waals surface area contributed by atoms with Gasteiger partial charge in [0.2, 0.25) is 0 Å². The summed E-state index contributed by atoms with van der Waals surface area (Å²) >= 11 is 0. The van der Waals surface area contributed by atoms with Crippen molar-refractivity contribution in [3.05, 3.63) is 91.3 Å². The number of H-pyrrole nitrogens is 2. The van der Waals surface area contributed by atoms with Crippen LogP contribution in [-0.4, -0.2) is 38.7 Å². The van der Waals surface area contributed by atoms with Crippen molar-refractivity contribution >= 4 is 5.91 Å². The Morgan fingerprint density at radius 1 is 1.03 bits per heavy atom. The Labute approximate surface area is 168 Å². The monoisotopic (exact) mass is 392 g/mol. The molecule has 0 radical (unpaired) electrons. The van der Waals surface area contributed by atoms with Crippen molar-refractivity contribution in [3.63, 3.8) is 0 Å². The smallest absolute Gasteiger partial charge is 0.267 e. The van der Waals surface area contributed by atoms with E-state index >= 15 is 0 Å². The Hall–Kier alpha value is -3.35. The molecule has 3 aromatic rings.